The Kier molecular flexibility index (Phi) is 59.7. The van der Waals surface area contributed by atoms with E-state index >= 15 is 0 Å². The Morgan fingerprint density at radius 3 is 1.04 bits per heavy atom. The minimum atomic E-state index is -0.838. The summed E-state index contributed by atoms with van der Waals surface area (Å²) in [7, 11) is 1.71. The maximum absolute atomic E-state index is 12.5. The van der Waals surface area contributed by atoms with Gasteiger partial charge in [-0.15, -0.1) is 15.2 Å². The van der Waals surface area contributed by atoms with Gasteiger partial charge in [0.25, 0.3) is 35.4 Å². The second-order valence-corrected chi connectivity index (χ2v) is 26.4. The minimum Gasteiger partial charge on any atom is -0.369 e. The molecule has 0 saturated carbocycles. The number of carbonyl (C=O) groups is 19. The van der Waals surface area contributed by atoms with E-state index in [0.717, 1.165) is 103 Å². The summed E-state index contributed by atoms with van der Waals surface area (Å²) in [5, 5.41) is 30.6. The molecular weight excluding hydrogens is 1450 g/mol. The standard InChI is InChI=1S/C37H71N9O7.C21H35N5O7.C13H14N2O8.2CH4/c1-4-28(35(38)51)13-6-9-19-41-23-31(48)24-42-22-18-30(47)15-12-17-34(50)46-26-32(49)25-44-27-43-20-10-7-14-29(5-2)37(53)45-21-11-8-16-33(40-3)36(39)52;1-2-15(21(22)32)6-3-4-11-23-14-24-12-16(27)13-25-17(28)7-5-8-20(31)33-26-18(29)9-10-19(26)30;16-8-4-5-9(17)14(8)22-12(20)2-1-3-13(21)23-15-10(18)6-7-11(15)19;;/h28-29,33,40-44H,4-27H2,1-3H3,(H2,38,51)(H2,39,52)(H,45,53)(H,46,50);15,23-24H,2-14H2,1H3,(H2,22,32)(H,25,28);1-7H2;2*1H4/t28-,29+,33-;15-;;;/m00.../s1. The highest BCUT2D eigenvalue weighted by atomic mass is 16.7. The summed E-state index contributed by atoms with van der Waals surface area (Å²) >= 11 is 0. The number of Topliss-reactive ketones (excluding diaryl/α,β-unsaturated/α-hetero) is 4. The topological polar surface area (TPSA) is 560 Å². The van der Waals surface area contributed by atoms with Crippen LogP contribution in [0.5, 0.6) is 0 Å². The Labute approximate surface area is 651 Å². The molecule has 0 aromatic heterocycles. The van der Waals surface area contributed by atoms with Gasteiger partial charge in [-0.3, -0.25) is 87.3 Å². The van der Waals surface area contributed by atoms with E-state index in [1.54, 1.807) is 7.05 Å². The molecule has 3 aliphatic rings. The second kappa shape index (κ2) is 63.7. The molecule has 38 heteroatoms. The lowest BCUT2D eigenvalue weighted by Crippen LogP contribution is -2.39. The number of hydroxylamine groups is 6. The van der Waals surface area contributed by atoms with Crippen molar-refractivity contribution in [1.29, 1.82) is 0 Å². The van der Waals surface area contributed by atoms with Gasteiger partial charge in [0.05, 0.1) is 45.3 Å². The molecule has 0 unspecified atom stereocenters. The van der Waals surface area contributed by atoms with E-state index < -0.39 is 53.4 Å². The number of imide groups is 3. The lowest BCUT2D eigenvalue weighted by atomic mass is 9.98. The molecular formula is C73H128N16O22. The van der Waals surface area contributed by atoms with Crippen LogP contribution in [0.25, 0.3) is 0 Å². The maximum atomic E-state index is 12.5. The van der Waals surface area contributed by atoms with E-state index in [0.29, 0.717) is 61.0 Å². The Bertz CT molecular complexity index is 2880. The molecule has 0 spiro atoms. The SMILES string of the molecule is C.C.CC[C@@H](CCCCNCC(=O)CNCCC(=O)CCCC(=O)NCC(=O)CNCNCCCC[C@@H](CC)C(=O)NCCCC[C@H](NC)C(N)=O)C(N)=O.CC[C@@H](CCCCNCNCC(=O)CNC(=O)CCCC(=O)ON1C(=O)CCC1=O)C(N)=O.O=C(CCCC(=O)ON1C(=O)CCC1=O)ON1C(=O)CCC1=O. The zero-order chi connectivity index (χ0) is 81.3. The van der Waals surface area contributed by atoms with Crippen LogP contribution in [0.15, 0.2) is 0 Å². The normalized spacial score (nSPS) is 14.1. The Morgan fingerprint density at radius 2 is 0.667 bits per heavy atom. The average molecular weight is 1580 g/mol. The number of nitrogens with one attached hydrogen (secondary N) is 10. The third-order valence-electron chi connectivity index (χ3n) is 17.4. The number of ketones is 4. The van der Waals surface area contributed by atoms with Gasteiger partial charge in [0.2, 0.25) is 35.4 Å². The van der Waals surface area contributed by atoms with Gasteiger partial charge in [0.1, 0.15) is 5.78 Å². The highest BCUT2D eigenvalue weighted by Gasteiger charge is 2.35. The van der Waals surface area contributed by atoms with Gasteiger partial charge >= 0.3 is 17.9 Å². The van der Waals surface area contributed by atoms with Gasteiger partial charge in [-0.05, 0) is 123 Å². The number of nitrogens with two attached hydrogens (primary N) is 3. The number of hydrogen-bond donors (Lipinski definition) is 13. The van der Waals surface area contributed by atoms with Gasteiger partial charge in [-0.2, -0.15) is 0 Å². The van der Waals surface area contributed by atoms with E-state index in [4.69, 9.17) is 22.0 Å². The van der Waals surface area contributed by atoms with Gasteiger partial charge < -0.3 is 74.2 Å². The number of primary amides is 3. The highest BCUT2D eigenvalue weighted by molar-refractivity contribution is 6.03. The molecule has 0 bridgehead atoms. The first-order chi connectivity index (χ1) is 52.1. The number of likely N-dealkylation sites (N-methyl/N-ethyl adjacent to an activating group) is 1. The zero-order valence-electron chi connectivity index (χ0n) is 64.0. The molecule has 3 saturated heterocycles. The molecule has 38 nitrogen and oxygen atoms in total. The molecule has 632 valence electrons. The Balaban J connectivity index is 0. The lowest BCUT2D eigenvalue weighted by molar-refractivity contribution is -0.199. The summed E-state index contributed by atoms with van der Waals surface area (Å²) in [6.45, 7) is 10.3. The van der Waals surface area contributed by atoms with Gasteiger partial charge in [0, 0.05) is 128 Å². The molecule has 3 heterocycles. The van der Waals surface area contributed by atoms with Crippen molar-refractivity contribution in [3.8, 4) is 0 Å². The van der Waals surface area contributed by atoms with Gasteiger partial charge in [-0.1, -0.05) is 54.9 Å². The summed E-state index contributed by atoms with van der Waals surface area (Å²) in [5.41, 5.74) is 16.0. The molecule has 3 rings (SSSR count). The average Bonchev–Trinajstić information content (AvgIpc) is 1.74. The van der Waals surface area contributed by atoms with Gasteiger partial charge in [-0.25, -0.2) is 14.4 Å². The van der Waals surface area contributed by atoms with Crippen LogP contribution in [-0.4, -0.2) is 226 Å². The van der Waals surface area contributed by atoms with E-state index in [1.807, 2.05) is 20.8 Å². The molecule has 111 heavy (non-hydrogen) atoms. The molecule has 3 aliphatic heterocycles. The predicted octanol–water partition coefficient (Wildman–Crippen LogP) is -0.165. The van der Waals surface area contributed by atoms with Crippen LogP contribution < -0.4 is 70.4 Å². The number of nitrogens with zero attached hydrogens (tertiary/aromatic N) is 3. The van der Waals surface area contributed by atoms with Gasteiger partial charge in [0.15, 0.2) is 17.3 Å². The fourth-order valence-electron chi connectivity index (χ4n) is 10.8. The fourth-order valence-corrected chi connectivity index (χ4v) is 10.8. The molecule has 12 amide bonds. The lowest BCUT2D eigenvalue weighted by Gasteiger charge is -2.16. The monoisotopic (exact) mass is 1580 g/mol. The maximum Gasteiger partial charge on any atom is 0.333 e. The van der Waals surface area contributed by atoms with E-state index in [-0.39, 0.29) is 233 Å². The van der Waals surface area contributed by atoms with Crippen molar-refractivity contribution in [3.63, 3.8) is 0 Å². The minimum absolute atomic E-state index is 0. The first-order valence-corrected chi connectivity index (χ1v) is 37.9. The second-order valence-electron chi connectivity index (χ2n) is 26.4. The number of amides is 12. The summed E-state index contributed by atoms with van der Waals surface area (Å²) in [4.78, 5) is 234. The quantitative estimate of drug-likeness (QED) is 0.0214. The molecule has 0 aromatic carbocycles. The van der Waals surface area contributed by atoms with Crippen LogP contribution in [0.1, 0.15) is 235 Å². The molecule has 16 N–H and O–H groups in total. The van der Waals surface area contributed by atoms with Crippen molar-refractivity contribution in [2.75, 3.05) is 92.4 Å². The van der Waals surface area contributed by atoms with Crippen molar-refractivity contribution < 1.29 is 106 Å². The molecule has 0 aromatic rings. The van der Waals surface area contributed by atoms with Crippen LogP contribution in [0.4, 0.5) is 0 Å². The Hall–Kier alpha value is -8.95. The van der Waals surface area contributed by atoms with E-state index in [1.165, 1.54) is 0 Å². The van der Waals surface area contributed by atoms with Crippen LogP contribution in [-0.2, 0) is 106 Å². The van der Waals surface area contributed by atoms with Crippen LogP contribution in [0.2, 0.25) is 0 Å². The number of unbranched alkanes of at least 4 members (excludes halogenated alkanes) is 4. The highest BCUT2D eigenvalue weighted by Crippen LogP contribution is 2.18. The van der Waals surface area contributed by atoms with E-state index in [9.17, 15) is 91.1 Å². The molecule has 4 atom stereocenters. The molecule has 0 radical (unpaired) electrons. The first-order valence-electron chi connectivity index (χ1n) is 37.9. The van der Waals surface area contributed by atoms with Crippen molar-refractivity contribution in [2.24, 2.45) is 35.0 Å². The van der Waals surface area contributed by atoms with Crippen molar-refractivity contribution in [3.05, 3.63) is 0 Å². The Morgan fingerprint density at radius 1 is 0.342 bits per heavy atom. The number of carbonyl (C=O) groups excluding carboxylic acids is 19. The number of hydrogen-bond acceptors (Lipinski definition) is 29. The van der Waals surface area contributed by atoms with Crippen molar-refractivity contribution >= 4 is 112 Å². The smallest absolute Gasteiger partial charge is 0.333 e. The van der Waals surface area contributed by atoms with Crippen LogP contribution in [0.3, 0.4) is 0 Å². The summed E-state index contributed by atoms with van der Waals surface area (Å²) in [6, 6.07) is -0.340. The van der Waals surface area contributed by atoms with Crippen LogP contribution in [0, 0.1) is 17.8 Å². The van der Waals surface area contributed by atoms with E-state index in [2.05, 4.69) is 62.8 Å². The van der Waals surface area contributed by atoms with Crippen molar-refractivity contribution in [1.82, 2.24) is 68.4 Å². The zero-order valence-corrected chi connectivity index (χ0v) is 64.0. The third-order valence-corrected chi connectivity index (χ3v) is 17.4. The fraction of sp³-hybridized carbons (Fsp3) is 0.740. The largest absolute Gasteiger partial charge is 0.369 e. The summed E-state index contributed by atoms with van der Waals surface area (Å²) in [5.74, 6) is -7.92. The summed E-state index contributed by atoms with van der Waals surface area (Å²) in [6.07, 6.45) is 12.9. The predicted molar refractivity (Wildman–Crippen MR) is 405 cm³/mol. The van der Waals surface area contributed by atoms with Crippen molar-refractivity contribution in [2.45, 2.75) is 241 Å². The third kappa shape index (κ3) is 50.5. The first kappa shape index (κ1) is 104. The molecule has 0 aliphatic carbocycles. The summed E-state index contributed by atoms with van der Waals surface area (Å²) < 4.78 is 0. The van der Waals surface area contributed by atoms with Crippen LogP contribution >= 0.6 is 0 Å². The molecule has 3 fully saturated rings. The number of rotatable bonds is 62.